The van der Waals surface area contributed by atoms with Crippen LogP contribution in [0.15, 0.2) is 116 Å². The Morgan fingerprint density at radius 1 is 0.826 bits per heavy atom. The second kappa shape index (κ2) is 11.9. The Kier molecular flexibility index (Phi) is 7.80. The number of aryl methyl sites for hydroxylation is 1. The summed E-state index contributed by atoms with van der Waals surface area (Å²) in [7, 11) is -2.66. The summed E-state index contributed by atoms with van der Waals surface area (Å²) < 4.78 is 10.3. The molecule has 0 fully saturated rings. The Morgan fingerprint density at radius 2 is 1.48 bits per heavy atom. The highest BCUT2D eigenvalue weighted by Gasteiger charge is 2.50. The maximum atomic E-state index is 13.3. The first-order chi connectivity index (χ1) is 22.3. The summed E-state index contributed by atoms with van der Waals surface area (Å²) in [5.74, 6) is -0.745. The molecular weight excluding hydrogens is 607 g/mol. The van der Waals surface area contributed by atoms with E-state index in [0.717, 1.165) is 32.4 Å². The average molecular weight is 642 g/mol. The fraction of sp³-hybridized carbons (Fsp3) is 0.184. The highest BCUT2D eigenvalue weighted by Crippen LogP contribution is 2.40. The summed E-state index contributed by atoms with van der Waals surface area (Å²) in [5.41, 5.74) is 2.31. The molecule has 2 amide bonds. The third kappa shape index (κ3) is 5.12. The maximum absolute atomic E-state index is 13.3. The van der Waals surface area contributed by atoms with Gasteiger partial charge in [-0.05, 0) is 51.5 Å². The van der Waals surface area contributed by atoms with E-state index in [1.165, 1.54) is 21.7 Å². The number of amides is 2. The molecule has 4 heterocycles. The second-order valence-corrected chi connectivity index (χ2v) is 18.0. The largest absolute Gasteiger partial charge is 0.407 e. The second-order valence-electron chi connectivity index (χ2n) is 12.7. The summed E-state index contributed by atoms with van der Waals surface area (Å²) in [5, 5.41) is 6.84. The molecule has 1 aliphatic rings. The van der Waals surface area contributed by atoms with Crippen LogP contribution in [0.3, 0.4) is 0 Å². The monoisotopic (exact) mass is 641 g/mol. The molecular formula is C38H35N3O3SSi. The topological polar surface area (TPSA) is 73.2 Å². The highest BCUT2D eigenvalue weighted by atomic mass is 32.1. The summed E-state index contributed by atoms with van der Waals surface area (Å²) in [6.45, 7) is 8.05. The summed E-state index contributed by atoms with van der Waals surface area (Å²) in [6.07, 6.45) is 4.49. The number of imide groups is 1. The van der Waals surface area contributed by atoms with Crippen molar-refractivity contribution in [3.63, 3.8) is 0 Å². The molecule has 0 aliphatic carbocycles. The number of hydrogen-bond donors (Lipinski definition) is 1. The summed E-state index contributed by atoms with van der Waals surface area (Å²) in [4.78, 5) is 32.0. The maximum Gasteiger partial charge on any atom is 0.261 e. The van der Waals surface area contributed by atoms with Crippen LogP contribution in [0.25, 0.3) is 32.3 Å². The van der Waals surface area contributed by atoms with Crippen molar-refractivity contribution in [2.75, 3.05) is 6.61 Å². The van der Waals surface area contributed by atoms with Crippen LogP contribution in [0.4, 0.5) is 0 Å². The van der Waals surface area contributed by atoms with E-state index in [2.05, 4.69) is 91.3 Å². The number of pyridine rings is 1. The quantitative estimate of drug-likeness (QED) is 0.107. The lowest BCUT2D eigenvalue weighted by Gasteiger charge is -2.43. The molecule has 0 saturated heterocycles. The molecule has 0 atom stereocenters. The number of carbonyl (C=O) groups excluding carboxylic acids is 2. The Bertz CT molecular complexity index is 2040. The van der Waals surface area contributed by atoms with Gasteiger partial charge in [0.15, 0.2) is 0 Å². The van der Waals surface area contributed by atoms with Crippen molar-refractivity contribution in [1.82, 2.24) is 14.9 Å². The minimum Gasteiger partial charge on any atom is -0.407 e. The first kappa shape index (κ1) is 30.0. The van der Waals surface area contributed by atoms with E-state index < -0.39 is 8.32 Å². The molecule has 230 valence electrons. The first-order valence-corrected chi connectivity index (χ1v) is 18.3. The molecule has 6 aromatic rings. The molecule has 8 heteroatoms. The lowest BCUT2D eigenvalue weighted by atomic mass is 10.0. The zero-order chi connectivity index (χ0) is 31.9. The molecule has 0 spiro atoms. The molecule has 0 bridgehead atoms. The van der Waals surface area contributed by atoms with E-state index in [0.29, 0.717) is 29.9 Å². The van der Waals surface area contributed by atoms with Crippen LogP contribution in [-0.2, 0) is 20.6 Å². The minimum absolute atomic E-state index is 0.109. The number of benzene rings is 3. The van der Waals surface area contributed by atoms with Gasteiger partial charge in [0.25, 0.3) is 20.1 Å². The van der Waals surface area contributed by atoms with Crippen LogP contribution in [-0.4, -0.2) is 36.3 Å². The lowest BCUT2D eigenvalue weighted by molar-refractivity contribution is -0.122. The van der Waals surface area contributed by atoms with Crippen molar-refractivity contribution in [1.29, 1.82) is 0 Å². The zero-order valence-electron chi connectivity index (χ0n) is 26.1. The number of thiophene rings is 1. The Labute approximate surface area is 273 Å². The minimum atomic E-state index is -2.66. The van der Waals surface area contributed by atoms with Gasteiger partial charge < -0.3 is 8.99 Å². The van der Waals surface area contributed by atoms with Gasteiger partial charge in [0.1, 0.15) is 5.65 Å². The molecule has 0 saturated carbocycles. The number of nitrogens with one attached hydrogen (secondary N) is 1. The molecule has 6 nitrogen and oxygen atoms in total. The van der Waals surface area contributed by atoms with Crippen molar-refractivity contribution < 1.29 is 14.0 Å². The molecule has 0 radical (unpaired) electrons. The summed E-state index contributed by atoms with van der Waals surface area (Å²) >= 11 is 1.52. The smallest absolute Gasteiger partial charge is 0.261 e. The van der Waals surface area contributed by atoms with E-state index in [1.54, 1.807) is 6.20 Å². The molecule has 1 aliphatic heterocycles. The van der Waals surface area contributed by atoms with Gasteiger partial charge in [-0.2, -0.15) is 0 Å². The molecule has 3 aromatic carbocycles. The van der Waals surface area contributed by atoms with Gasteiger partial charge in [-0.15, -0.1) is 11.3 Å². The standard InChI is InChI=1S/C38H35N3O3SSi/c1-38(2,3)46(27-15-6-4-7-16-27,28-17-8-5-9-18-28)44-23-13-22-41-25-30(29-19-12-21-39-35(29)41)33-34(37(43)40-36(33)42)32-24-26-14-10-11-20-31(26)45-32/h4-12,14-21,24-25H,13,22-23H2,1-3H3,(H,40,42,43). The molecule has 3 aromatic heterocycles. The van der Waals surface area contributed by atoms with E-state index in [1.807, 2.05) is 48.7 Å². The number of fused-ring (bicyclic) bond motifs is 2. The van der Waals surface area contributed by atoms with Gasteiger partial charge in [-0.1, -0.05) is 99.6 Å². The number of rotatable bonds is 9. The van der Waals surface area contributed by atoms with Crippen LogP contribution < -0.4 is 15.7 Å². The van der Waals surface area contributed by atoms with Crippen LogP contribution in [0.1, 0.15) is 37.6 Å². The van der Waals surface area contributed by atoms with Crippen molar-refractivity contribution in [2.24, 2.45) is 0 Å². The fourth-order valence-electron chi connectivity index (χ4n) is 6.77. The number of carbonyl (C=O) groups is 2. The zero-order valence-corrected chi connectivity index (χ0v) is 27.9. The van der Waals surface area contributed by atoms with Crippen molar-refractivity contribution in [2.45, 2.75) is 38.8 Å². The van der Waals surface area contributed by atoms with E-state index in [-0.39, 0.29) is 16.9 Å². The summed E-state index contributed by atoms with van der Waals surface area (Å²) in [6, 6.07) is 35.2. The first-order valence-electron chi connectivity index (χ1n) is 15.6. The van der Waals surface area contributed by atoms with E-state index in [4.69, 9.17) is 9.41 Å². The van der Waals surface area contributed by atoms with Crippen LogP contribution in [0.2, 0.25) is 5.04 Å². The Balaban J connectivity index is 1.22. The lowest BCUT2D eigenvalue weighted by Crippen LogP contribution is -2.66. The molecule has 7 rings (SSSR count). The predicted octanol–water partition coefficient (Wildman–Crippen LogP) is 6.78. The van der Waals surface area contributed by atoms with Gasteiger partial charge in [0.2, 0.25) is 0 Å². The average Bonchev–Trinajstić information content (AvgIpc) is 3.73. The molecule has 46 heavy (non-hydrogen) atoms. The number of nitrogens with zero attached hydrogens (tertiary/aromatic N) is 2. The van der Waals surface area contributed by atoms with Crippen molar-refractivity contribution >= 4 is 74.1 Å². The fourth-order valence-corrected chi connectivity index (χ4v) is 12.5. The van der Waals surface area contributed by atoms with Crippen molar-refractivity contribution in [3.05, 3.63) is 126 Å². The van der Waals surface area contributed by atoms with Gasteiger partial charge in [0.05, 0.1) is 11.1 Å². The van der Waals surface area contributed by atoms with Gasteiger partial charge in [-0.3, -0.25) is 14.9 Å². The van der Waals surface area contributed by atoms with Gasteiger partial charge >= 0.3 is 0 Å². The Morgan fingerprint density at radius 3 is 2.15 bits per heavy atom. The van der Waals surface area contributed by atoms with E-state index in [9.17, 15) is 9.59 Å². The number of hydrogen-bond acceptors (Lipinski definition) is 5. The van der Waals surface area contributed by atoms with Crippen LogP contribution in [0.5, 0.6) is 0 Å². The van der Waals surface area contributed by atoms with Gasteiger partial charge in [0, 0.05) is 46.1 Å². The SMILES string of the molecule is CC(C)(C)[Si](OCCCn1cc(C2=C(c3cc4ccccc4s3)C(=O)NC2=O)c2cccnc21)(c1ccccc1)c1ccccc1. The normalized spacial score (nSPS) is 14.1. The third-order valence-electron chi connectivity index (χ3n) is 8.79. The predicted molar refractivity (Wildman–Crippen MR) is 190 cm³/mol. The number of aromatic nitrogens is 2. The molecule has 0 unspecified atom stereocenters. The molecule has 1 N–H and O–H groups in total. The van der Waals surface area contributed by atoms with Crippen LogP contribution >= 0.6 is 11.3 Å². The Hall–Kier alpha value is -4.63. The third-order valence-corrected chi connectivity index (χ3v) is 15.0. The van der Waals surface area contributed by atoms with Gasteiger partial charge in [-0.25, -0.2) is 4.98 Å². The van der Waals surface area contributed by atoms with E-state index >= 15 is 0 Å². The van der Waals surface area contributed by atoms with Crippen LogP contribution in [0, 0.1) is 0 Å². The van der Waals surface area contributed by atoms with Crippen molar-refractivity contribution in [3.8, 4) is 0 Å². The highest BCUT2D eigenvalue weighted by molar-refractivity contribution is 7.20.